The Kier molecular flexibility index (Phi) is 4.29. The Morgan fingerprint density at radius 3 is 2.23 bits per heavy atom. The molecule has 4 nitrogen and oxygen atoms in total. The van der Waals surface area contributed by atoms with E-state index in [1.54, 1.807) is 16.4 Å². The van der Waals surface area contributed by atoms with Crippen molar-refractivity contribution < 1.29 is 8.42 Å². The Balaban J connectivity index is 1.83. The summed E-state index contributed by atoms with van der Waals surface area (Å²) in [5, 5.41) is 0. The number of nitrogens with zero attached hydrogens (tertiary/aromatic N) is 1. The molecule has 1 heterocycles. The molecule has 0 amide bonds. The van der Waals surface area contributed by atoms with Crippen LogP contribution < -0.4 is 5.73 Å². The molecule has 1 unspecified atom stereocenters. The van der Waals surface area contributed by atoms with E-state index in [4.69, 9.17) is 5.73 Å². The molecule has 2 aromatic carbocycles. The van der Waals surface area contributed by atoms with Gasteiger partial charge in [0, 0.05) is 13.1 Å². The maximum atomic E-state index is 12.6. The van der Waals surface area contributed by atoms with Gasteiger partial charge in [-0.3, -0.25) is 0 Å². The van der Waals surface area contributed by atoms with Crippen LogP contribution in [0.25, 0.3) is 11.1 Å². The first kappa shape index (κ1) is 15.2. The molecule has 5 heteroatoms. The Hall–Kier alpha value is -1.69. The number of sulfonamides is 1. The number of benzene rings is 2. The lowest BCUT2D eigenvalue weighted by atomic mass is 10.1. The van der Waals surface area contributed by atoms with Gasteiger partial charge in [-0.05, 0) is 42.1 Å². The van der Waals surface area contributed by atoms with Crippen LogP contribution in [0.5, 0.6) is 0 Å². The van der Waals surface area contributed by atoms with E-state index >= 15 is 0 Å². The fourth-order valence-electron chi connectivity index (χ4n) is 2.81. The molecule has 1 aliphatic heterocycles. The van der Waals surface area contributed by atoms with E-state index in [0.29, 0.717) is 24.5 Å². The minimum Gasteiger partial charge on any atom is -0.330 e. The second-order valence-electron chi connectivity index (χ2n) is 5.64. The Morgan fingerprint density at radius 2 is 1.64 bits per heavy atom. The van der Waals surface area contributed by atoms with Gasteiger partial charge in [0.1, 0.15) is 0 Å². The van der Waals surface area contributed by atoms with Crippen molar-refractivity contribution in [3.05, 3.63) is 54.6 Å². The van der Waals surface area contributed by atoms with Crippen molar-refractivity contribution in [3.63, 3.8) is 0 Å². The molecule has 0 spiro atoms. The van der Waals surface area contributed by atoms with Gasteiger partial charge >= 0.3 is 0 Å². The van der Waals surface area contributed by atoms with Crippen LogP contribution in [0.15, 0.2) is 59.5 Å². The monoisotopic (exact) mass is 316 g/mol. The topological polar surface area (TPSA) is 63.4 Å². The third kappa shape index (κ3) is 2.92. The Morgan fingerprint density at radius 1 is 1.00 bits per heavy atom. The van der Waals surface area contributed by atoms with E-state index in [1.165, 1.54) is 0 Å². The Bertz CT molecular complexity index is 727. The lowest BCUT2D eigenvalue weighted by molar-refractivity contribution is 0.459. The molecule has 0 radical (unpaired) electrons. The zero-order valence-electron chi connectivity index (χ0n) is 12.4. The van der Waals surface area contributed by atoms with Crippen LogP contribution in [0.4, 0.5) is 0 Å². The minimum atomic E-state index is -3.40. The molecule has 1 aliphatic rings. The van der Waals surface area contributed by atoms with Crippen LogP contribution >= 0.6 is 0 Å². The summed E-state index contributed by atoms with van der Waals surface area (Å²) >= 11 is 0. The molecule has 0 bridgehead atoms. The van der Waals surface area contributed by atoms with Gasteiger partial charge in [-0.1, -0.05) is 42.5 Å². The third-order valence-electron chi connectivity index (χ3n) is 4.18. The summed E-state index contributed by atoms with van der Waals surface area (Å²) in [6, 6.07) is 17.0. The van der Waals surface area contributed by atoms with Crippen molar-refractivity contribution in [1.29, 1.82) is 0 Å². The molecule has 1 saturated heterocycles. The lowest BCUT2D eigenvalue weighted by Gasteiger charge is -2.16. The fourth-order valence-corrected chi connectivity index (χ4v) is 4.34. The van der Waals surface area contributed by atoms with Crippen molar-refractivity contribution in [3.8, 4) is 11.1 Å². The van der Waals surface area contributed by atoms with Crippen LogP contribution in [0.3, 0.4) is 0 Å². The highest BCUT2D eigenvalue weighted by atomic mass is 32.2. The van der Waals surface area contributed by atoms with Crippen molar-refractivity contribution >= 4 is 10.0 Å². The summed E-state index contributed by atoms with van der Waals surface area (Å²) in [6.45, 7) is 1.63. The number of nitrogens with two attached hydrogens (primary N) is 1. The van der Waals surface area contributed by atoms with Crippen molar-refractivity contribution in [2.75, 3.05) is 19.6 Å². The average Bonchev–Trinajstić information content (AvgIpc) is 3.06. The highest BCUT2D eigenvalue weighted by Gasteiger charge is 2.31. The maximum absolute atomic E-state index is 12.6. The zero-order valence-corrected chi connectivity index (χ0v) is 13.2. The zero-order chi connectivity index (χ0) is 15.6. The van der Waals surface area contributed by atoms with E-state index in [-0.39, 0.29) is 5.92 Å². The molecule has 1 atom stereocenters. The van der Waals surface area contributed by atoms with Crippen LogP contribution in [0.1, 0.15) is 6.42 Å². The number of rotatable bonds is 4. The van der Waals surface area contributed by atoms with Gasteiger partial charge in [0.2, 0.25) is 10.0 Å². The van der Waals surface area contributed by atoms with E-state index in [9.17, 15) is 8.42 Å². The lowest BCUT2D eigenvalue weighted by Crippen LogP contribution is -2.30. The molecular weight excluding hydrogens is 296 g/mol. The van der Waals surface area contributed by atoms with Crippen LogP contribution in [-0.2, 0) is 10.0 Å². The molecule has 116 valence electrons. The van der Waals surface area contributed by atoms with Gasteiger partial charge in [0.15, 0.2) is 0 Å². The van der Waals surface area contributed by atoms with Crippen LogP contribution in [0.2, 0.25) is 0 Å². The predicted octanol–water partition coefficient (Wildman–Crippen LogP) is 2.32. The highest BCUT2D eigenvalue weighted by molar-refractivity contribution is 7.89. The number of hydrogen-bond acceptors (Lipinski definition) is 3. The summed E-state index contributed by atoms with van der Waals surface area (Å²) in [6.07, 6.45) is 0.845. The molecule has 22 heavy (non-hydrogen) atoms. The molecule has 1 fully saturated rings. The first-order valence-electron chi connectivity index (χ1n) is 7.47. The van der Waals surface area contributed by atoms with Gasteiger partial charge < -0.3 is 5.73 Å². The second-order valence-corrected chi connectivity index (χ2v) is 7.58. The first-order chi connectivity index (χ1) is 10.6. The number of hydrogen-bond donors (Lipinski definition) is 1. The van der Waals surface area contributed by atoms with Crippen molar-refractivity contribution in [2.24, 2.45) is 11.7 Å². The normalized spacial score (nSPS) is 19.4. The highest BCUT2D eigenvalue weighted by Crippen LogP contribution is 2.26. The predicted molar refractivity (Wildman–Crippen MR) is 87.8 cm³/mol. The fraction of sp³-hybridized carbons (Fsp3) is 0.294. The standard InChI is InChI=1S/C17H20N2O2S/c18-12-14-10-11-19(13-14)22(20,21)17-8-6-16(7-9-17)15-4-2-1-3-5-15/h1-9,14H,10-13,18H2. The summed E-state index contributed by atoms with van der Waals surface area (Å²) in [5.41, 5.74) is 7.73. The van der Waals surface area contributed by atoms with Gasteiger partial charge in [-0.2, -0.15) is 4.31 Å². The molecule has 0 aliphatic carbocycles. The van der Waals surface area contributed by atoms with Gasteiger partial charge in [0.25, 0.3) is 0 Å². The smallest absolute Gasteiger partial charge is 0.243 e. The second kappa shape index (κ2) is 6.20. The molecule has 0 saturated carbocycles. The molecule has 0 aromatic heterocycles. The van der Waals surface area contributed by atoms with E-state index < -0.39 is 10.0 Å². The molecule has 2 aromatic rings. The van der Waals surface area contributed by atoms with Gasteiger partial charge in [-0.25, -0.2) is 8.42 Å². The van der Waals surface area contributed by atoms with Crippen molar-refractivity contribution in [2.45, 2.75) is 11.3 Å². The van der Waals surface area contributed by atoms with Crippen LogP contribution in [0, 0.1) is 5.92 Å². The SMILES string of the molecule is NCC1CCN(S(=O)(=O)c2ccc(-c3ccccc3)cc2)C1. The van der Waals surface area contributed by atoms with E-state index in [0.717, 1.165) is 17.5 Å². The maximum Gasteiger partial charge on any atom is 0.243 e. The van der Waals surface area contributed by atoms with Crippen molar-refractivity contribution in [1.82, 2.24) is 4.31 Å². The quantitative estimate of drug-likeness (QED) is 0.941. The molecule has 3 rings (SSSR count). The summed E-state index contributed by atoms with van der Waals surface area (Å²) < 4.78 is 26.8. The Labute approximate surface area is 131 Å². The summed E-state index contributed by atoms with van der Waals surface area (Å²) in [7, 11) is -3.40. The third-order valence-corrected chi connectivity index (χ3v) is 6.06. The van der Waals surface area contributed by atoms with E-state index in [1.807, 2.05) is 42.5 Å². The molecule has 2 N–H and O–H groups in total. The van der Waals surface area contributed by atoms with E-state index in [2.05, 4.69) is 0 Å². The summed E-state index contributed by atoms with van der Waals surface area (Å²) in [5.74, 6) is 0.276. The largest absolute Gasteiger partial charge is 0.330 e. The average molecular weight is 316 g/mol. The summed E-state index contributed by atoms with van der Waals surface area (Å²) in [4.78, 5) is 0.352. The van der Waals surface area contributed by atoms with Gasteiger partial charge in [-0.15, -0.1) is 0 Å². The molecular formula is C17H20N2O2S. The van der Waals surface area contributed by atoms with Crippen LogP contribution in [-0.4, -0.2) is 32.4 Å². The minimum absolute atomic E-state index is 0.276. The first-order valence-corrected chi connectivity index (χ1v) is 8.91. The van der Waals surface area contributed by atoms with Gasteiger partial charge in [0.05, 0.1) is 4.90 Å².